The molecule has 0 radical (unpaired) electrons. The minimum absolute atomic E-state index is 0.376. The number of rotatable bonds is 22. The second kappa shape index (κ2) is 41.7. The third-order valence-corrected chi connectivity index (χ3v) is 62.1. The van der Waals surface area contributed by atoms with E-state index in [1.807, 2.05) is 237 Å². The molecule has 0 aromatic carbocycles. The Balaban J connectivity index is 1.33. The van der Waals surface area contributed by atoms with Crippen LogP contribution in [0.4, 0.5) is 0 Å². The molecule has 0 aliphatic carbocycles. The number of hydrogen-bond acceptors (Lipinski definition) is 35. The van der Waals surface area contributed by atoms with Crippen molar-refractivity contribution in [2.24, 2.45) is 5.11 Å². The summed E-state index contributed by atoms with van der Waals surface area (Å²) in [6.45, 7) is 66.8. The fourth-order valence-corrected chi connectivity index (χ4v) is 21.2. The normalized spacial score (nSPS) is 40.0. The Morgan fingerprint density at radius 2 is 0.336 bits per heavy atom. The summed E-state index contributed by atoms with van der Waals surface area (Å²) in [7, 11) is -19.8. The van der Waals surface area contributed by atoms with Gasteiger partial charge in [0.25, 0.3) is 0 Å². The minimum Gasteiger partial charge on any atom is -0.414 e. The van der Waals surface area contributed by atoms with E-state index >= 15 is 0 Å². The van der Waals surface area contributed by atoms with Crippen LogP contribution in [-0.2, 0) is 97.3 Å². The highest BCUT2D eigenvalue weighted by Crippen LogP contribution is 2.48. The van der Waals surface area contributed by atoms with E-state index in [-0.39, 0.29) is 46.2 Å². The highest BCUT2D eigenvalue weighted by molar-refractivity contribution is 6.76. The van der Waals surface area contributed by atoms with Crippen molar-refractivity contribution >= 4 is 58.2 Å². The maximum Gasteiger partial charge on any atom is 0.192 e. The average Bonchev–Trinajstić information content (AvgIpc) is 0.805. The zero-order valence-corrected chi connectivity index (χ0v) is 89.9. The summed E-state index contributed by atoms with van der Waals surface area (Å²) >= 11 is 0. The van der Waals surface area contributed by atoms with Crippen molar-refractivity contribution < 1.29 is 164 Å². The maximum atomic E-state index is 12.9. The van der Waals surface area contributed by atoms with Crippen LogP contribution in [0.5, 0.6) is 0 Å². The van der Waals surface area contributed by atoms with Crippen molar-refractivity contribution in [3.05, 3.63) is 10.4 Å². The number of azide groups is 1. The van der Waals surface area contributed by atoms with Crippen molar-refractivity contribution in [1.82, 2.24) is 0 Å². The molecule has 0 aromatic heterocycles. The highest BCUT2D eigenvalue weighted by Gasteiger charge is 2.63. The largest absolute Gasteiger partial charge is 0.414 e. The van der Waals surface area contributed by atoms with E-state index in [1.165, 1.54) is 0 Å². The molecular weight excluding hydrogens is 1790 g/mol. The van der Waals surface area contributed by atoms with Gasteiger partial charge in [-0.2, -0.15) is 0 Å². The zero-order valence-electron chi connectivity index (χ0n) is 82.9. The summed E-state index contributed by atoms with van der Waals surface area (Å²) in [5, 5.41) is 167. The first-order valence-corrected chi connectivity index (χ1v) is 65.9. The van der Waals surface area contributed by atoms with Gasteiger partial charge in [-0.1, -0.05) is 151 Å². The monoisotopic (exact) mass is 1960 g/mol. The molecule has 0 unspecified atom stereocenters. The van der Waals surface area contributed by atoms with Crippen LogP contribution >= 0.6 is 0 Å². The topological polar surface area (TPSA) is 506 Å². The molecule has 0 amide bonds. The lowest BCUT2D eigenvalue weighted by molar-refractivity contribution is -0.396. The van der Waals surface area contributed by atoms with Crippen LogP contribution in [-0.4, -0.2) is 386 Å². The fourth-order valence-electron chi connectivity index (χ4n) is 14.1. The first-order chi connectivity index (χ1) is 58.0. The summed E-state index contributed by atoms with van der Waals surface area (Å²) in [6, 6.07) is -1.78. The first-order valence-electron chi connectivity index (χ1n) is 45.5. The van der Waals surface area contributed by atoms with Crippen molar-refractivity contribution in [3.63, 3.8) is 0 Å². The van der Waals surface area contributed by atoms with Gasteiger partial charge in [0.1, 0.15) is 165 Å². The third kappa shape index (κ3) is 25.6. The molecule has 0 spiro atoms. The van der Waals surface area contributed by atoms with Gasteiger partial charge in [0.05, 0.1) is 52.3 Å². The summed E-state index contributed by atoms with van der Waals surface area (Å²) in [5.41, 5.74) is 10.6. The van der Waals surface area contributed by atoms with Crippen LogP contribution in [0.25, 0.3) is 10.4 Å². The average molecular weight is 1960 g/mol. The van der Waals surface area contributed by atoms with Gasteiger partial charge in [-0.3, -0.25) is 0 Å². The molecule has 0 aromatic rings. The molecule has 750 valence electrons. The predicted molar refractivity (Wildman–Crippen MR) is 488 cm³/mol. The van der Waals surface area contributed by atoms with Crippen LogP contribution in [0.2, 0.25) is 127 Å². The van der Waals surface area contributed by atoms with Crippen LogP contribution in [0.1, 0.15) is 145 Å². The van der Waals surface area contributed by atoms with Gasteiger partial charge in [-0.15, -0.1) is 0 Å². The Hall–Kier alpha value is -0.532. The van der Waals surface area contributed by atoms with E-state index in [0.29, 0.717) is 0 Å². The number of ether oxygens (including phenoxy) is 14. The lowest BCUT2D eigenvalue weighted by Gasteiger charge is -2.51. The number of nitrogens with zero attached hydrogens (tertiary/aromatic N) is 3. The Labute approximate surface area is 766 Å². The molecule has 21 saturated heterocycles. The van der Waals surface area contributed by atoms with E-state index in [9.17, 15) is 71.9 Å². The Morgan fingerprint density at radius 3 is 0.469 bits per heavy atom. The van der Waals surface area contributed by atoms with Crippen LogP contribution < -0.4 is 0 Å². The van der Waals surface area contributed by atoms with Gasteiger partial charge < -0.3 is 164 Å². The lowest BCUT2D eigenvalue weighted by Crippen LogP contribution is -2.69. The molecule has 21 aliphatic heterocycles. The second-order valence-corrected chi connectivity index (χ2v) is 80.7. The van der Waals surface area contributed by atoms with E-state index in [0.717, 1.165) is 0 Å². The number of aliphatic hydroxyl groups excluding tert-OH is 13. The van der Waals surface area contributed by atoms with Crippen molar-refractivity contribution in [1.29, 1.82) is 0 Å². The van der Waals surface area contributed by atoms with Crippen molar-refractivity contribution in [3.8, 4) is 0 Å². The molecule has 35 atom stereocenters. The molecule has 128 heavy (non-hydrogen) atoms. The summed E-state index contributed by atoms with van der Waals surface area (Å²) < 4.78 is 142. The highest BCUT2D eigenvalue weighted by atomic mass is 28.4. The van der Waals surface area contributed by atoms with Crippen molar-refractivity contribution in [2.75, 3.05) is 46.2 Å². The molecule has 37 nitrogen and oxygen atoms in total. The standard InChI is InChI=1S/C84H167N3O34Si7/c1-78(2,3)122(22,23)101-36-43-64-50(86-87-85)51(88)71(108-43)116-65-44(37-102-123(24,25)79(4,5)6)110-73(59(96)53(65)90)118-67-46(39-104-125(28,29)81(10,11)12)112-75(61(98)55(67)92)120-69-48(41-106-127(32,33)83(16,17)18)114-77(63(100)57(69)94)121-70-49(42-107-128(34,35)84(19,20)21)113-76(62(99)56(70)93)119-68-47(40-105-126(30,31)82(13,14)15)111-74(60(97)54(68)91)117-66-45(38-103-124(26,27)80(7,8)9)109-72(115-64)58(95)52(66)89/h43-77,88-100H,36-42H2,1-35H3/t43-,44-,45-,46-,47-,48-,49-,50+,51+,52-,53+,54-,55-,56-,57-,58-,59-,60-,61+,62-,63-,64-,65-,66-,67-,68-,69-,70-,71-,72-,73-,74-,75-,76-,77-/m1/s1. The molecule has 14 bridgehead atoms. The fraction of sp³-hybridized carbons (Fsp3) is 1.00. The Morgan fingerprint density at radius 1 is 0.211 bits per heavy atom. The lowest BCUT2D eigenvalue weighted by atomic mass is 9.94. The van der Waals surface area contributed by atoms with E-state index in [1.54, 1.807) is 0 Å². The van der Waals surface area contributed by atoms with Gasteiger partial charge in [0.2, 0.25) is 0 Å². The second-order valence-electron chi connectivity index (χ2n) is 47.1. The quantitative estimate of drug-likeness (QED) is 0.0219. The molecule has 21 rings (SSSR count). The molecule has 44 heteroatoms. The van der Waals surface area contributed by atoms with Gasteiger partial charge in [-0.05, 0) is 132 Å². The third-order valence-electron chi connectivity index (χ3n) is 30.6. The first kappa shape index (κ1) is 113. The van der Waals surface area contributed by atoms with Gasteiger partial charge in [0, 0.05) is 4.91 Å². The van der Waals surface area contributed by atoms with Crippen molar-refractivity contribution in [2.45, 2.75) is 487 Å². The minimum atomic E-state index is -2.85. The maximum absolute atomic E-state index is 12.9. The zero-order chi connectivity index (χ0) is 97.4. The van der Waals surface area contributed by atoms with Gasteiger partial charge >= 0.3 is 0 Å². The summed E-state index contributed by atoms with van der Waals surface area (Å²) in [6.07, 6.45) is -63.3. The van der Waals surface area contributed by atoms with E-state index in [2.05, 4.69) is 10.0 Å². The van der Waals surface area contributed by atoms with Gasteiger partial charge in [-0.25, -0.2) is 0 Å². The number of hydrogen-bond donors (Lipinski definition) is 13. The van der Waals surface area contributed by atoms with Gasteiger partial charge in [0.15, 0.2) is 102 Å². The molecule has 21 fully saturated rings. The smallest absolute Gasteiger partial charge is 0.192 e. The summed E-state index contributed by atoms with van der Waals surface area (Å²) in [5.74, 6) is 0. The molecule has 21 aliphatic rings. The SMILES string of the molecule is CC(C)(C)[Si](C)(C)OC[C@H]1O[C@@H]2O[C@H]3[C@H](O)[C@@H](O)[C@@H](O[C@H]4[C@H](O)[C@@H](O)[C@@H](O[C@H]5[C@H](O)[C@@H](O)[C@@H](O[C@H]6[C@H](O)[C@@H](O)[C@@H](O[C@H]7[C@@H](N=[N+]=[N-])[C@H](O)[C@@H](O[C@H]8[C@@H](O)[C@@H](O)[C@@H](O[C@H]1[C@H](O)[C@@H]2O)O[C@@H]8CO[Si](C)(C)C(C)(C)C)O[C@@H]7CO[Si](C)(C)C(C)(C)C)O[C@@H]6CO[Si](C)(C)C(C)(C)C)O[C@@H]5CO[Si](C)(C)C(C)(C)C)O[C@@H]4CO[Si](C)(C)C(C)(C)C)O[C@@H]3CO[Si](C)(C)C(C)(C)C. The summed E-state index contributed by atoms with van der Waals surface area (Å²) in [4.78, 5) is 3.17. The predicted octanol–water partition coefficient (Wildman–Crippen LogP) is 7.29. The number of aliphatic hydroxyl groups is 13. The molecule has 13 N–H and O–H groups in total. The van der Waals surface area contributed by atoms with E-state index in [4.69, 9.17) is 97.3 Å². The Kier molecular flexibility index (Phi) is 36.7. The van der Waals surface area contributed by atoms with Crippen LogP contribution in [0.3, 0.4) is 0 Å². The van der Waals surface area contributed by atoms with E-state index < -0.39 is 308 Å². The molecule has 21 heterocycles. The van der Waals surface area contributed by atoms with Crippen LogP contribution in [0, 0.1) is 0 Å². The van der Waals surface area contributed by atoms with Crippen LogP contribution in [0.15, 0.2) is 5.11 Å². The Bertz CT molecular complexity index is 3490. The molecule has 0 saturated carbocycles. The molecular formula is C84H167N3O34Si7.